The minimum absolute atomic E-state index is 0.00977. The van der Waals surface area contributed by atoms with Gasteiger partial charge in [0.05, 0.1) is 27.7 Å². The molecule has 0 aromatic heterocycles. The third-order valence-corrected chi connectivity index (χ3v) is 6.11. The van der Waals surface area contributed by atoms with Crippen LogP contribution in [0, 0.1) is 0 Å². The number of benzene rings is 2. The minimum atomic E-state index is -4.65. The van der Waals surface area contributed by atoms with Crippen molar-refractivity contribution in [1.82, 2.24) is 4.90 Å². The molecule has 1 aliphatic rings. The number of hydrogen-bond acceptors (Lipinski definition) is 7. The molecule has 190 valence electrons. The molecule has 9 nitrogen and oxygen atoms in total. The highest BCUT2D eigenvalue weighted by Crippen LogP contribution is 2.36. The van der Waals surface area contributed by atoms with Crippen LogP contribution in [0.3, 0.4) is 0 Å². The van der Waals surface area contributed by atoms with Crippen LogP contribution < -0.4 is 14.8 Å². The standard InChI is InChI=1S/C22H16BrF3N2O7S/c1-34-16-5-3-12(22(24,25)26)8-14(16)27-18(29)9-28-20(32)17(36-21(28)33)7-11-2-4-15(13(23)6-11)35-10-19(30)31/h2-8H,9-10H2,1H3,(H,27,29)(H,30,31)/b17-7-. The summed E-state index contributed by atoms with van der Waals surface area (Å²) in [5.41, 5.74) is -0.804. The van der Waals surface area contributed by atoms with Gasteiger partial charge in [0.25, 0.3) is 11.1 Å². The minimum Gasteiger partial charge on any atom is -0.495 e. The van der Waals surface area contributed by atoms with Crippen molar-refractivity contribution in [2.24, 2.45) is 0 Å². The number of anilines is 1. The summed E-state index contributed by atoms with van der Waals surface area (Å²) in [4.78, 5) is 48.8. The van der Waals surface area contributed by atoms with Gasteiger partial charge in [-0.2, -0.15) is 13.2 Å². The zero-order valence-corrected chi connectivity index (χ0v) is 20.6. The van der Waals surface area contributed by atoms with Gasteiger partial charge in [0.2, 0.25) is 5.91 Å². The van der Waals surface area contributed by atoms with Crippen LogP contribution in [0.2, 0.25) is 0 Å². The zero-order chi connectivity index (χ0) is 26.6. The van der Waals surface area contributed by atoms with Gasteiger partial charge < -0.3 is 19.9 Å². The van der Waals surface area contributed by atoms with Gasteiger partial charge in [-0.1, -0.05) is 6.07 Å². The fraction of sp³-hybridized carbons (Fsp3) is 0.182. The number of alkyl halides is 3. The zero-order valence-electron chi connectivity index (χ0n) is 18.2. The predicted molar refractivity (Wildman–Crippen MR) is 127 cm³/mol. The lowest BCUT2D eigenvalue weighted by molar-refractivity contribution is -0.139. The Hall–Kier alpha value is -3.52. The molecule has 1 fully saturated rings. The molecule has 1 heterocycles. The first-order valence-electron chi connectivity index (χ1n) is 9.83. The lowest BCUT2D eigenvalue weighted by Crippen LogP contribution is -2.36. The van der Waals surface area contributed by atoms with Gasteiger partial charge in [-0.15, -0.1) is 0 Å². The largest absolute Gasteiger partial charge is 0.495 e. The molecule has 0 saturated carbocycles. The lowest BCUT2D eigenvalue weighted by Gasteiger charge is -2.16. The Labute approximate surface area is 214 Å². The summed E-state index contributed by atoms with van der Waals surface area (Å²) in [5, 5.41) is 10.2. The van der Waals surface area contributed by atoms with Crippen LogP contribution in [-0.2, 0) is 20.6 Å². The van der Waals surface area contributed by atoms with Crippen LogP contribution in [0.4, 0.5) is 23.7 Å². The van der Waals surface area contributed by atoms with Crippen molar-refractivity contribution in [2.75, 3.05) is 25.6 Å². The Morgan fingerprint density at radius 3 is 2.47 bits per heavy atom. The van der Waals surface area contributed by atoms with Crippen molar-refractivity contribution >= 4 is 62.5 Å². The number of rotatable bonds is 8. The summed E-state index contributed by atoms with van der Waals surface area (Å²) in [5.74, 6) is -2.61. The van der Waals surface area contributed by atoms with Crippen LogP contribution in [0.15, 0.2) is 45.8 Å². The predicted octanol–water partition coefficient (Wildman–Crippen LogP) is 4.61. The van der Waals surface area contributed by atoms with E-state index in [4.69, 9.17) is 14.6 Å². The van der Waals surface area contributed by atoms with Gasteiger partial charge in [0, 0.05) is 0 Å². The normalized spacial score (nSPS) is 14.8. The molecule has 2 aromatic carbocycles. The number of methoxy groups -OCH3 is 1. The number of ether oxygens (including phenoxy) is 2. The second-order valence-electron chi connectivity index (χ2n) is 7.10. The fourth-order valence-electron chi connectivity index (χ4n) is 2.97. The molecule has 1 saturated heterocycles. The number of carbonyl (C=O) groups is 4. The number of hydrogen-bond donors (Lipinski definition) is 2. The number of halogens is 4. The Morgan fingerprint density at radius 1 is 1.17 bits per heavy atom. The molecule has 36 heavy (non-hydrogen) atoms. The number of imide groups is 1. The molecule has 3 amide bonds. The number of carbonyl (C=O) groups excluding carboxylic acids is 3. The Kier molecular flexibility index (Phi) is 8.30. The number of thioether (sulfide) groups is 1. The Bertz CT molecular complexity index is 1270. The van der Waals surface area contributed by atoms with E-state index < -0.39 is 47.9 Å². The number of nitrogens with zero attached hydrogens (tertiary/aromatic N) is 1. The van der Waals surface area contributed by atoms with Crippen LogP contribution in [-0.4, -0.2) is 53.3 Å². The van der Waals surface area contributed by atoms with E-state index in [0.29, 0.717) is 32.8 Å². The second kappa shape index (κ2) is 11.0. The first-order chi connectivity index (χ1) is 16.9. The molecule has 0 unspecified atom stereocenters. The van der Waals surface area contributed by atoms with Crippen molar-refractivity contribution in [3.05, 3.63) is 56.9 Å². The molecule has 2 N–H and O–H groups in total. The maximum Gasteiger partial charge on any atom is 0.416 e. The topological polar surface area (TPSA) is 122 Å². The van der Waals surface area contributed by atoms with E-state index in [-0.39, 0.29) is 22.1 Å². The van der Waals surface area contributed by atoms with Crippen LogP contribution in [0.25, 0.3) is 6.08 Å². The van der Waals surface area contributed by atoms with Crippen molar-refractivity contribution in [2.45, 2.75) is 6.18 Å². The first kappa shape index (κ1) is 27.1. The van der Waals surface area contributed by atoms with Crippen molar-refractivity contribution in [3.63, 3.8) is 0 Å². The maximum absolute atomic E-state index is 13.0. The van der Waals surface area contributed by atoms with Crippen molar-refractivity contribution < 1.29 is 46.9 Å². The SMILES string of the molecule is COc1ccc(C(F)(F)F)cc1NC(=O)CN1C(=O)S/C(=C\c2ccc(OCC(=O)O)c(Br)c2)C1=O. The van der Waals surface area contributed by atoms with Gasteiger partial charge in [-0.25, -0.2) is 4.79 Å². The molecule has 1 aliphatic heterocycles. The lowest BCUT2D eigenvalue weighted by atomic mass is 10.1. The summed E-state index contributed by atoms with van der Waals surface area (Å²) in [6.45, 7) is -1.28. The Balaban J connectivity index is 1.72. The van der Waals surface area contributed by atoms with E-state index in [1.54, 1.807) is 0 Å². The van der Waals surface area contributed by atoms with Gasteiger partial charge in [-0.3, -0.25) is 19.3 Å². The fourth-order valence-corrected chi connectivity index (χ4v) is 4.32. The van der Waals surface area contributed by atoms with E-state index in [9.17, 15) is 32.3 Å². The van der Waals surface area contributed by atoms with E-state index in [2.05, 4.69) is 21.2 Å². The summed E-state index contributed by atoms with van der Waals surface area (Å²) >= 11 is 3.81. The Morgan fingerprint density at radius 2 is 1.86 bits per heavy atom. The summed E-state index contributed by atoms with van der Waals surface area (Å²) in [7, 11) is 1.21. The average molecular weight is 589 g/mol. The van der Waals surface area contributed by atoms with Gasteiger partial charge in [-0.05, 0) is 69.7 Å². The average Bonchev–Trinajstić information content (AvgIpc) is 3.05. The van der Waals surface area contributed by atoms with E-state index in [0.717, 1.165) is 12.1 Å². The third-order valence-electron chi connectivity index (χ3n) is 4.58. The molecule has 14 heteroatoms. The quantitative estimate of drug-likeness (QED) is 0.428. The van der Waals surface area contributed by atoms with Crippen LogP contribution in [0.1, 0.15) is 11.1 Å². The molecular formula is C22H16BrF3N2O7S. The first-order valence-corrected chi connectivity index (χ1v) is 11.4. The molecule has 0 atom stereocenters. The number of carboxylic acid groups (broad SMARTS) is 1. The smallest absolute Gasteiger partial charge is 0.416 e. The molecule has 0 aliphatic carbocycles. The molecule has 0 radical (unpaired) electrons. The second-order valence-corrected chi connectivity index (χ2v) is 8.95. The highest BCUT2D eigenvalue weighted by molar-refractivity contribution is 9.10. The van der Waals surface area contributed by atoms with Gasteiger partial charge >= 0.3 is 12.1 Å². The monoisotopic (exact) mass is 588 g/mol. The number of amides is 3. The van der Waals surface area contributed by atoms with Gasteiger partial charge in [0.15, 0.2) is 6.61 Å². The molecule has 2 aromatic rings. The third kappa shape index (κ3) is 6.57. The highest BCUT2D eigenvalue weighted by Gasteiger charge is 2.37. The maximum atomic E-state index is 13.0. The summed E-state index contributed by atoms with van der Waals surface area (Å²) in [6, 6.07) is 7.06. The van der Waals surface area contributed by atoms with E-state index >= 15 is 0 Å². The number of nitrogens with one attached hydrogen (secondary N) is 1. The molecule has 0 bridgehead atoms. The molecular weight excluding hydrogens is 573 g/mol. The van der Waals surface area contributed by atoms with Crippen LogP contribution in [0.5, 0.6) is 11.5 Å². The van der Waals surface area contributed by atoms with E-state index in [1.807, 2.05) is 0 Å². The number of carboxylic acids is 1. The summed E-state index contributed by atoms with van der Waals surface area (Å²) in [6.07, 6.45) is -3.26. The van der Waals surface area contributed by atoms with Crippen molar-refractivity contribution in [3.8, 4) is 11.5 Å². The molecule has 3 rings (SSSR count). The highest BCUT2D eigenvalue weighted by atomic mass is 79.9. The van der Waals surface area contributed by atoms with Gasteiger partial charge in [0.1, 0.15) is 18.0 Å². The molecule has 0 spiro atoms. The van der Waals surface area contributed by atoms with Crippen LogP contribution >= 0.6 is 27.7 Å². The van der Waals surface area contributed by atoms with E-state index in [1.165, 1.54) is 31.4 Å². The van der Waals surface area contributed by atoms with Crippen molar-refractivity contribution in [1.29, 1.82) is 0 Å². The summed E-state index contributed by atoms with van der Waals surface area (Å²) < 4.78 is 49.5. The number of aliphatic carboxylic acids is 1.